The number of benzene rings is 2. The van der Waals surface area contributed by atoms with Crippen LogP contribution in [0.2, 0.25) is 0 Å². The second-order valence-corrected chi connectivity index (χ2v) is 6.63. The van der Waals surface area contributed by atoms with E-state index in [9.17, 15) is 9.59 Å². The summed E-state index contributed by atoms with van der Waals surface area (Å²) in [4.78, 5) is 25.3. The molecule has 7 nitrogen and oxygen atoms in total. The molecule has 29 heavy (non-hydrogen) atoms. The van der Waals surface area contributed by atoms with E-state index in [-0.39, 0.29) is 24.6 Å². The SMILES string of the molecule is COC(=O)C[C@H]1c2cc(OC)c(OC)cc2CC(=O)c2cc(OC)c(OC)cc21. The summed E-state index contributed by atoms with van der Waals surface area (Å²) in [5, 5.41) is 0. The van der Waals surface area contributed by atoms with Crippen molar-refractivity contribution in [1.29, 1.82) is 0 Å². The summed E-state index contributed by atoms with van der Waals surface area (Å²) >= 11 is 0. The molecule has 1 aliphatic rings. The molecule has 1 aliphatic carbocycles. The third kappa shape index (κ3) is 3.72. The Balaban J connectivity index is 2.29. The highest BCUT2D eigenvalue weighted by Gasteiger charge is 2.32. The molecule has 0 aliphatic heterocycles. The number of hydrogen-bond acceptors (Lipinski definition) is 7. The normalized spacial score (nSPS) is 14.9. The number of rotatable bonds is 6. The zero-order chi connectivity index (χ0) is 21.1. The predicted molar refractivity (Wildman–Crippen MR) is 106 cm³/mol. The minimum absolute atomic E-state index is 0.0642. The maximum absolute atomic E-state index is 13.1. The van der Waals surface area contributed by atoms with Crippen molar-refractivity contribution < 1.29 is 33.3 Å². The lowest BCUT2D eigenvalue weighted by Gasteiger charge is -2.22. The maximum Gasteiger partial charge on any atom is 0.306 e. The van der Waals surface area contributed by atoms with Crippen LogP contribution in [-0.4, -0.2) is 47.3 Å². The van der Waals surface area contributed by atoms with E-state index in [0.717, 1.165) is 11.1 Å². The molecular weight excluding hydrogens is 376 g/mol. The van der Waals surface area contributed by atoms with Crippen molar-refractivity contribution in [3.8, 4) is 23.0 Å². The fourth-order valence-electron chi connectivity index (χ4n) is 3.74. The van der Waals surface area contributed by atoms with E-state index in [1.807, 2.05) is 6.07 Å². The Labute approximate surface area is 169 Å². The van der Waals surface area contributed by atoms with Crippen LogP contribution in [0, 0.1) is 0 Å². The lowest BCUT2D eigenvalue weighted by molar-refractivity contribution is -0.140. The van der Waals surface area contributed by atoms with Crippen LogP contribution in [0.4, 0.5) is 0 Å². The molecule has 2 aromatic carbocycles. The summed E-state index contributed by atoms with van der Waals surface area (Å²) in [6, 6.07) is 7.03. The molecule has 0 spiro atoms. The third-order valence-corrected chi connectivity index (χ3v) is 5.20. The van der Waals surface area contributed by atoms with Crippen molar-refractivity contribution in [3.05, 3.63) is 46.5 Å². The first-order chi connectivity index (χ1) is 14.0. The van der Waals surface area contributed by atoms with Crippen LogP contribution in [-0.2, 0) is 16.0 Å². The van der Waals surface area contributed by atoms with Crippen molar-refractivity contribution in [1.82, 2.24) is 0 Å². The van der Waals surface area contributed by atoms with E-state index in [1.165, 1.54) is 21.3 Å². The van der Waals surface area contributed by atoms with Gasteiger partial charge in [0.05, 0.1) is 42.0 Å². The highest BCUT2D eigenvalue weighted by molar-refractivity contribution is 6.01. The number of ether oxygens (including phenoxy) is 5. The van der Waals surface area contributed by atoms with E-state index in [4.69, 9.17) is 23.7 Å². The molecule has 0 aromatic heterocycles. The molecule has 0 radical (unpaired) electrons. The summed E-state index contributed by atoms with van der Waals surface area (Å²) in [6.45, 7) is 0. The molecule has 0 heterocycles. The van der Waals surface area contributed by atoms with Gasteiger partial charge in [-0.3, -0.25) is 9.59 Å². The summed E-state index contributed by atoms with van der Waals surface area (Å²) < 4.78 is 26.6. The van der Waals surface area contributed by atoms with Gasteiger partial charge in [0.15, 0.2) is 28.8 Å². The van der Waals surface area contributed by atoms with Crippen molar-refractivity contribution in [2.24, 2.45) is 0 Å². The minimum Gasteiger partial charge on any atom is -0.493 e. The zero-order valence-corrected chi connectivity index (χ0v) is 17.2. The molecular formula is C22H24O7. The van der Waals surface area contributed by atoms with Crippen LogP contribution in [0.5, 0.6) is 23.0 Å². The Kier molecular flexibility index (Phi) is 5.96. The van der Waals surface area contributed by atoms with Crippen LogP contribution in [0.15, 0.2) is 24.3 Å². The van der Waals surface area contributed by atoms with E-state index in [0.29, 0.717) is 34.1 Å². The van der Waals surface area contributed by atoms with Gasteiger partial charge in [0, 0.05) is 17.9 Å². The molecule has 0 N–H and O–H groups in total. The maximum atomic E-state index is 13.1. The van der Waals surface area contributed by atoms with Crippen LogP contribution in [0.3, 0.4) is 0 Å². The van der Waals surface area contributed by atoms with E-state index in [1.54, 1.807) is 32.4 Å². The summed E-state index contributed by atoms with van der Waals surface area (Å²) in [5.41, 5.74) is 2.76. The molecule has 0 bridgehead atoms. The molecule has 0 unspecified atom stereocenters. The van der Waals surface area contributed by atoms with Gasteiger partial charge in [0.1, 0.15) is 0 Å². The van der Waals surface area contributed by atoms with Crippen molar-refractivity contribution in [2.75, 3.05) is 35.5 Å². The van der Waals surface area contributed by atoms with Gasteiger partial charge in [-0.1, -0.05) is 0 Å². The van der Waals surface area contributed by atoms with Crippen molar-refractivity contribution in [2.45, 2.75) is 18.8 Å². The van der Waals surface area contributed by atoms with E-state index >= 15 is 0 Å². The number of carbonyl (C=O) groups excluding carboxylic acids is 2. The molecule has 0 fully saturated rings. The Morgan fingerprint density at radius 2 is 1.34 bits per heavy atom. The van der Waals surface area contributed by atoms with Gasteiger partial charge < -0.3 is 23.7 Å². The Morgan fingerprint density at radius 3 is 1.90 bits per heavy atom. The largest absolute Gasteiger partial charge is 0.493 e. The average molecular weight is 400 g/mol. The lowest BCUT2D eigenvalue weighted by Crippen LogP contribution is -2.13. The summed E-state index contributed by atoms with van der Waals surface area (Å²) in [6.07, 6.45) is 0.227. The lowest BCUT2D eigenvalue weighted by atomic mass is 9.85. The van der Waals surface area contributed by atoms with Crippen LogP contribution >= 0.6 is 0 Å². The first-order valence-corrected chi connectivity index (χ1v) is 9.08. The molecule has 2 aromatic rings. The van der Waals surface area contributed by atoms with Crippen LogP contribution in [0.25, 0.3) is 0 Å². The third-order valence-electron chi connectivity index (χ3n) is 5.20. The molecule has 0 amide bonds. The standard InChI is InChI=1S/C22H24O7/c1-25-18-7-12-6-17(23)16-10-21(28-4)20(27-3)9-14(16)15(11-22(24)29-5)13(12)8-19(18)26-2/h7-10,15H,6,11H2,1-5H3/t15-/m0/s1. The highest BCUT2D eigenvalue weighted by atomic mass is 16.5. The number of fused-ring (bicyclic) bond motifs is 2. The Morgan fingerprint density at radius 1 is 0.828 bits per heavy atom. The molecule has 0 saturated carbocycles. The van der Waals surface area contributed by atoms with Gasteiger partial charge >= 0.3 is 5.97 Å². The number of Topliss-reactive ketones (excluding diaryl/α,β-unsaturated/α-hetero) is 1. The smallest absolute Gasteiger partial charge is 0.306 e. The molecule has 154 valence electrons. The van der Waals surface area contributed by atoms with Gasteiger partial charge in [0.25, 0.3) is 0 Å². The van der Waals surface area contributed by atoms with Gasteiger partial charge in [-0.05, 0) is 41.0 Å². The fraction of sp³-hybridized carbons (Fsp3) is 0.364. The van der Waals surface area contributed by atoms with Gasteiger partial charge in [0.2, 0.25) is 0 Å². The number of methoxy groups -OCH3 is 5. The topological polar surface area (TPSA) is 80.3 Å². The fourth-order valence-corrected chi connectivity index (χ4v) is 3.74. The number of ketones is 1. The summed E-state index contributed by atoms with van der Waals surface area (Å²) in [5.74, 6) is 1.11. The minimum atomic E-state index is -0.418. The van der Waals surface area contributed by atoms with Crippen LogP contribution in [0.1, 0.15) is 39.4 Å². The number of hydrogen-bond donors (Lipinski definition) is 0. The van der Waals surface area contributed by atoms with Gasteiger partial charge in [-0.15, -0.1) is 0 Å². The molecule has 3 rings (SSSR count). The highest BCUT2D eigenvalue weighted by Crippen LogP contribution is 2.44. The second kappa shape index (κ2) is 8.43. The zero-order valence-electron chi connectivity index (χ0n) is 17.2. The van der Waals surface area contributed by atoms with E-state index in [2.05, 4.69) is 0 Å². The predicted octanol–water partition coefficient (Wildman–Crippen LogP) is 3.15. The quantitative estimate of drug-likeness (QED) is 0.689. The van der Waals surface area contributed by atoms with E-state index < -0.39 is 5.92 Å². The number of carbonyl (C=O) groups is 2. The second-order valence-electron chi connectivity index (χ2n) is 6.63. The average Bonchev–Trinajstić information content (AvgIpc) is 2.85. The van der Waals surface area contributed by atoms with Gasteiger partial charge in [-0.2, -0.15) is 0 Å². The monoisotopic (exact) mass is 400 g/mol. The summed E-state index contributed by atoms with van der Waals surface area (Å²) in [7, 11) is 7.47. The first-order valence-electron chi connectivity index (χ1n) is 9.08. The Hall–Kier alpha value is -3.22. The van der Waals surface area contributed by atoms with Crippen LogP contribution < -0.4 is 18.9 Å². The molecule has 7 heteroatoms. The van der Waals surface area contributed by atoms with Crippen molar-refractivity contribution in [3.63, 3.8) is 0 Å². The van der Waals surface area contributed by atoms with Crippen molar-refractivity contribution >= 4 is 11.8 Å². The number of esters is 1. The first kappa shape index (κ1) is 20.5. The molecule has 0 saturated heterocycles. The molecule has 1 atom stereocenters. The van der Waals surface area contributed by atoms with Gasteiger partial charge in [-0.25, -0.2) is 0 Å². The Bertz CT molecular complexity index is 949.